The molecule has 4 rings (SSSR count). The number of piperazine rings is 1. The second kappa shape index (κ2) is 10.6. The van der Waals surface area contributed by atoms with Gasteiger partial charge in [-0.15, -0.1) is 0 Å². The highest BCUT2D eigenvalue weighted by molar-refractivity contribution is 6.16. The van der Waals surface area contributed by atoms with E-state index in [0.717, 1.165) is 31.7 Å². The van der Waals surface area contributed by atoms with Gasteiger partial charge in [0.05, 0.1) is 13.1 Å². The number of rotatable bonds is 7. The van der Waals surface area contributed by atoms with Crippen LogP contribution in [0.15, 0.2) is 65.7 Å². The minimum atomic E-state index is -0.637. The molecule has 0 unspecified atom stereocenters. The second-order valence-corrected chi connectivity index (χ2v) is 8.89. The van der Waals surface area contributed by atoms with Gasteiger partial charge >= 0.3 is 0 Å². The van der Waals surface area contributed by atoms with E-state index in [2.05, 4.69) is 35.3 Å². The van der Waals surface area contributed by atoms with Crippen LogP contribution < -0.4 is 9.80 Å². The van der Waals surface area contributed by atoms with Crippen molar-refractivity contribution in [2.75, 3.05) is 39.3 Å². The molecular formula is C26H33N3O2+2. The Labute approximate surface area is 184 Å². The van der Waals surface area contributed by atoms with E-state index < -0.39 is 5.92 Å². The number of Topliss-reactive ketones (excluding diaryl/α,β-unsaturated/α-hetero) is 2. The van der Waals surface area contributed by atoms with Gasteiger partial charge in [0.1, 0.15) is 50.2 Å². The molecule has 0 radical (unpaired) electrons. The van der Waals surface area contributed by atoms with Gasteiger partial charge in [0, 0.05) is 24.6 Å². The van der Waals surface area contributed by atoms with Gasteiger partial charge < -0.3 is 9.80 Å². The van der Waals surface area contributed by atoms with Crippen molar-refractivity contribution >= 4 is 17.8 Å². The van der Waals surface area contributed by atoms with Crippen LogP contribution in [0.25, 0.3) is 0 Å². The van der Waals surface area contributed by atoms with Crippen LogP contribution in [0.5, 0.6) is 0 Å². The summed E-state index contributed by atoms with van der Waals surface area (Å²) in [4.78, 5) is 32.8. The molecule has 1 heterocycles. The number of ketones is 2. The van der Waals surface area contributed by atoms with Crippen molar-refractivity contribution in [3.63, 3.8) is 0 Å². The fraction of sp³-hybridized carbons (Fsp3) is 0.423. The van der Waals surface area contributed by atoms with Crippen LogP contribution in [-0.4, -0.2) is 57.0 Å². The van der Waals surface area contributed by atoms with Crippen molar-refractivity contribution in [3.8, 4) is 0 Å². The molecule has 0 aromatic heterocycles. The zero-order valence-electron chi connectivity index (χ0n) is 18.1. The Balaban J connectivity index is 1.18. The number of quaternary nitrogens is 2. The lowest BCUT2D eigenvalue weighted by molar-refractivity contribution is -1.02. The molecule has 31 heavy (non-hydrogen) atoms. The largest absolute Gasteiger partial charge is 0.324 e. The van der Waals surface area contributed by atoms with E-state index in [1.807, 2.05) is 30.3 Å². The van der Waals surface area contributed by atoms with Gasteiger partial charge in [0.15, 0.2) is 0 Å². The predicted molar refractivity (Wildman–Crippen MR) is 122 cm³/mol. The molecule has 1 aliphatic carbocycles. The first kappa shape index (κ1) is 21.6. The number of nitrogens with one attached hydrogen (secondary N) is 2. The molecule has 0 atom stereocenters. The number of benzene rings is 2. The number of aliphatic imine (C=N–C) groups is 1. The number of carbonyl (C=O) groups excluding carboxylic acids is 2. The number of hydrogen-bond donors (Lipinski definition) is 2. The van der Waals surface area contributed by atoms with Crippen LogP contribution in [0.4, 0.5) is 0 Å². The van der Waals surface area contributed by atoms with Gasteiger partial charge in [-0.1, -0.05) is 60.7 Å². The first-order chi connectivity index (χ1) is 15.2. The smallest absolute Gasteiger partial charge is 0.149 e. The van der Waals surface area contributed by atoms with Gasteiger partial charge in [-0.05, 0) is 11.5 Å². The Morgan fingerprint density at radius 3 is 2.03 bits per heavy atom. The van der Waals surface area contributed by atoms with E-state index in [0.29, 0.717) is 19.4 Å². The summed E-state index contributed by atoms with van der Waals surface area (Å²) < 4.78 is 0. The van der Waals surface area contributed by atoms with Gasteiger partial charge in [-0.3, -0.25) is 14.6 Å². The zero-order chi connectivity index (χ0) is 21.5. The molecule has 162 valence electrons. The fourth-order valence-electron chi connectivity index (χ4n) is 4.79. The van der Waals surface area contributed by atoms with E-state index in [1.54, 1.807) is 16.0 Å². The lowest BCUT2D eigenvalue weighted by atomic mass is 9.77. The maximum atomic E-state index is 12.6. The summed E-state index contributed by atoms with van der Waals surface area (Å²) in [5.41, 5.74) is 2.48. The highest BCUT2D eigenvalue weighted by Gasteiger charge is 2.34. The van der Waals surface area contributed by atoms with E-state index in [4.69, 9.17) is 0 Å². The molecule has 1 aliphatic heterocycles. The van der Waals surface area contributed by atoms with Crippen molar-refractivity contribution in [2.45, 2.75) is 25.3 Å². The average Bonchev–Trinajstić information content (AvgIpc) is 2.80. The number of hydrogen-bond acceptors (Lipinski definition) is 3. The zero-order valence-corrected chi connectivity index (χ0v) is 18.1. The summed E-state index contributed by atoms with van der Waals surface area (Å²) in [6.07, 6.45) is 2.50. The quantitative estimate of drug-likeness (QED) is 0.503. The molecule has 0 bridgehead atoms. The number of nitrogens with zero attached hydrogens (tertiary/aromatic N) is 1. The maximum Gasteiger partial charge on any atom is 0.149 e. The first-order valence-electron chi connectivity index (χ1n) is 11.5. The molecule has 2 N–H and O–H groups in total. The third-order valence-corrected chi connectivity index (χ3v) is 6.67. The van der Waals surface area contributed by atoms with E-state index in [-0.39, 0.29) is 17.5 Å². The standard InChI is InChI=1S/C26H31N3O2/c30-25-17-23(22-9-5-2-6-10-22)18-26(31)24(25)19-27-11-12-28-13-15-29(16-14-28)20-21-7-3-1-4-8-21/h1-10,19,23-24H,11-18,20H2/p+2. The van der Waals surface area contributed by atoms with Crippen LogP contribution in [0.3, 0.4) is 0 Å². The summed E-state index contributed by atoms with van der Waals surface area (Å²) >= 11 is 0. The van der Waals surface area contributed by atoms with Crippen LogP contribution in [0, 0.1) is 5.92 Å². The molecule has 2 aromatic rings. The molecule has 0 spiro atoms. The summed E-state index contributed by atoms with van der Waals surface area (Å²) in [5.74, 6) is -0.592. The molecular weight excluding hydrogens is 386 g/mol. The fourth-order valence-corrected chi connectivity index (χ4v) is 4.79. The van der Waals surface area contributed by atoms with Crippen molar-refractivity contribution < 1.29 is 19.4 Å². The first-order valence-corrected chi connectivity index (χ1v) is 11.5. The highest BCUT2D eigenvalue weighted by atomic mass is 16.2. The maximum absolute atomic E-state index is 12.6. The average molecular weight is 420 g/mol. The van der Waals surface area contributed by atoms with Gasteiger partial charge in [0.25, 0.3) is 0 Å². The Hall–Kier alpha value is -2.63. The summed E-state index contributed by atoms with van der Waals surface area (Å²) in [7, 11) is 0. The minimum Gasteiger partial charge on any atom is -0.324 e. The lowest BCUT2D eigenvalue weighted by Crippen LogP contribution is -3.27. The third kappa shape index (κ3) is 5.96. The SMILES string of the molecule is O=C1CC(c2ccccc2)CC(=O)C1C=NCC[NH+]1CC[NH+](Cc2ccccc2)CC1. The molecule has 5 nitrogen and oxygen atoms in total. The molecule has 2 fully saturated rings. The van der Waals surface area contributed by atoms with E-state index in [9.17, 15) is 9.59 Å². The van der Waals surface area contributed by atoms with Crippen LogP contribution in [0.1, 0.15) is 29.9 Å². The monoisotopic (exact) mass is 419 g/mol. The van der Waals surface area contributed by atoms with E-state index >= 15 is 0 Å². The van der Waals surface area contributed by atoms with Crippen molar-refractivity contribution in [2.24, 2.45) is 10.9 Å². The Kier molecular flexibility index (Phi) is 7.39. The van der Waals surface area contributed by atoms with E-state index in [1.165, 1.54) is 18.7 Å². The van der Waals surface area contributed by atoms with Gasteiger partial charge in [0.2, 0.25) is 0 Å². The van der Waals surface area contributed by atoms with Crippen molar-refractivity contribution in [1.82, 2.24) is 0 Å². The second-order valence-electron chi connectivity index (χ2n) is 8.89. The predicted octanol–water partition coefficient (Wildman–Crippen LogP) is 0.373. The molecule has 1 saturated carbocycles. The number of carbonyl (C=O) groups is 2. The van der Waals surface area contributed by atoms with Gasteiger partial charge in [-0.2, -0.15) is 0 Å². The van der Waals surface area contributed by atoms with Crippen LogP contribution in [0.2, 0.25) is 0 Å². The van der Waals surface area contributed by atoms with Crippen molar-refractivity contribution in [3.05, 3.63) is 71.8 Å². The molecule has 5 heteroatoms. The minimum absolute atomic E-state index is 0.0133. The summed E-state index contributed by atoms with van der Waals surface area (Å²) in [5, 5.41) is 0. The topological polar surface area (TPSA) is 55.4 Å². The normalized spacial score (nSPS) is 27.0. The molecule has 2 aromatic carbocycles. The van der Waals surface area contributed by atoms with Crippen LogP contribution in [-0.2, 0) is 16.1 Å². The molecule has 2 aliphatic rings. The van der Waals surface area contributed by atoms with Crippen LogP contribution >= 0.6 is 0 Å². The Morgan fingerprint density at radius 1 is 0.806 bits per heavy atom. The third-order valence-electron chi connectivity index (χ3n) is 6.67. The Bertz CT molecular complexity index is 871. The molecule has 1 saturated heterocycles. The summed E-state index contributed by atoms with van der Waals surface area (Å²) in [6, 6.07) is 20.6. The summed E-state index contributed by atoms with van der Waals surface area (Å²) in [6.45, 7) is 7.40. The lowest BCUT2D eigenvalue weighted by Gasteiger charge is -2.29. The van der Waals surface area contributed by atoms with Gasteiger partial charge in [-0.25, -0.2) is 0 Å². The highest BCUT2D eigenvalue weighted by Crippen LogP contribution is 2.31. The van der Waals surface area contributed by atoms with Crippen molar-refractivity contribution in [1.29, 1.82) is 0 Å². The molecule has 0 amide bonds. The Morgan fingerprint density at radius 2 is 1.39 bits per heavy atom.